The molecular weight excluding hydrogens is 170 g/mol. The van der Waals surface area contributed by atoms with Gasteiger partial charge in [0.25, 0.3) is 0 Å². The van der Waals surface area contributed by atoms with Crippen molar-refractivity contribution < 1.29 is 20.1 Å². The first-order valence-electron chi connectivity index (χ1n) is 4.81. The van der Waals surface area contributed by atoms with Crippen LogP contribution in [0, 0.1) is 0 Å². The summed E-state index contributed by atoms with van der Waals surface area (Å²) in [5, 5.41) is 35.1. The van der Waals surface area contributed by atoms with E-state index >= 15 is 0 Å². The average molecular weight is 188 g/mol. The van der Waals surface area contributed by atoms with Gasteiger partial charge in [-0.15, -0.1) is 0 Å². The Morgan fingerprint density at radius 2 is 1.46 bits per heavy atom. The number of hydrogen-bond acceptors (Lipinski definition) is 4. The van der Waals surface area contributed by atoms with E-state index in [-0.39, 0.29) is 0 Å². The van der Waals surface area contributed by atoms with E-state index in [1.165, 1.54) is 0 Å². The average Bonchev–Trinajstić information content (AvgIpc) is 2.02. The van der Waals surface area contributed by atoms with Crippen LogP contribution in [0.15, 0.2) is 0 Å². The zero-order chi connectivity index (χ0) is 10.3. The summed E-state index contributed by atoms with van der Waals surface area (Å²) in [5.41, 5.74) is -0.836. The molecule has 0 aromatic rings. The third-order valence-corrected chi connectivity index (χ3v) is 2.16. The van der Waals surface area contributed by atoms with Crippen LogP contribution in [-0.4, -0.2) is 34.3 Å². The molecule has 13 heavy (non-hydrogen) atoms. The smallest absolute Gasteiger partial charge is 0.427 e. The lowest BCUT2D eigenvalue weighted by Crippen LogP contribution is -2.33. The van der Waals surface area contributed by atoms with Crippen molar-refractivity contribution in [2.24, 2.45) is 0 Å². The molecule has 76 valence electrons. The van der Waals surface area contributed by atoms with Gasteiger partial charge in [0, 0.05) is 5.72 Å². The fraction of sp³-hybridized carbons (Fsp3) is 1.00. The van der Waals surface area contributed by atoms with Gasteiger partial charge in [-0.05, 0) is 0 Å². The number of hydrogen-bond donors (Lipinski definition) is 4. The minimum Gasteiger partial charge on any atom is -0.427 e. The molecular formula is C7H18B2O4. The van der Waals surface area contributed by atoms with Crippen LogP contribution in [0.3, 0.4) is 0 Å². The lowest BCUT2D eigenvalue weighted by molar-refractivity contribution is 0.351. The molecule has 0 radical (unpaired) electrons. The summed E-state index contributed by atoms with van der Waals surface area (Å²) in [4.78, 5) is 0. The Hall–Kier alpha value is -0.0301. The molecule has 0 aliphatic rings. The normalized spacial score (nSPS) is 10.6. The van der Waals surface area contributed by atoms with Crippen molar-refractivity contribution in [3.63, 3.8) is 0 Å². The van der Waals surface area contributed by atoms with Gasteiger partial charge in [-0.1, -0.05) is 39.0 Å². The van der Waals surface area contributed by atoms with Crippen LogP contribution in [-0.2, 0) is 0 Å². The minimum absolute atomic E-state index is 0.440. The van der Waals surface area contributed by atoms with Gasteiger partial charge in [-0.2, -0.15) is 0 Å². The van der Waals surface area contributed by atoms with Gasteiger partial charge in [-0.25, -0.2) is 0 Å². The second-order valence-corrected chi connectivity index (χ2v) is 3.34. The van der Waals surface area contributed by atoms with Gasteiger partial charge in [0.05, 0.1) is 0 Å². The first kappa shape index (κ1) is 13.0. The second-order valence-electron chi connectivity index (χ2n) is 3.34. The van der Waals surface area contributed by atoms with Crippen LogP contribution in [0.25, 0.3) is 0 Å². The molecule has 0 unspecified atom stereocenters. The van der Waals surface area contributed by atoms with Crippen molar-refractivity contribution in [1.82, 2.24) is 0 Å². The van der Waals surface area contributed by atoms with Crippen molar-refractivity contribution in [3.8, 4) is 0 Å². The molecule has 0 aliphatic heterocycles. The molecule has 0 amide bonds. The molecule has 0 aromatic heterocycles. The van der Waals surface area contributed by atoms with Crippen LogP contribution < -0.4 is 0 Å². The molecule has 0 saturated carbocycles. The summed E-state index contributed by atoms with van der Waals surface area (Å²) >= 11 is 0. The molecule has 0 atom stereocenters. The molecule has 0 aromatic carbocycles. The van der Waals surface area contributed by atoms with Crippen LogP contribution in [0.1, 0.15) is 39.0 Å². The van der Waals surface area contributed by atoms with Crippen LogP contribution >= 0.6 is 0 Å². The number of rotatable bonds is 7. The topological polar surface area (TPSA) is 80.9 Å². The van der Waals surface area contributed by atoms with Gasteiger partial charge >= 0.3 is 14.2 Å². The third kappa shape index (κ3) is 6.10. The van der Waals surface area contributed by atoms with Crippen molar-refractivity contribution >= 4 is 14.2 Å². The van der Waals surface area contributed by atoms with Crippen LogP contribution in [0.4, 0.5) is 0 Å². The lowest BCUT2D eigenvalue weighted by atomic mass is 9.51. The highest BCUT2D eigenvalue weighted by Gasteiger charge is 2.33. The van der Waals surface area contributed by atoms with Gasteiger partial charge in [0.15, 0.2) is 0 Å². The maximum atomic E-state index is 8.77. The van der Waals surface area contributed by atoms with Crippen LogP contribution in [0.2, 0.25) is 5.72 Å². The monoisotopic (exact) mass is 188 g/mol. The minimum atomic E-state index is -1.64. The Morgan fingerprint density at radius 1 is 0.923 bits per heavy atom. The predicted molar refractivity (Wildman–Crippen MR) is 52.9 cm³/mol. The summed E-state index contributed by atoms with van der Waals surface area (Å²) in [6, 6.07) is 0. The molecule has 0 rings (SSSR count). The summed E-state index contributed by atoms with van der Waals surface area (Å²) in [6.45, 7) is 2.08. The highest BCUT2D eigenvalue weighted by molar-refractivity contribution is 6.64. The molecule has 0 aliphatic carbocycles. The molecule has 4 nitrogen and oxygen atoms in total. The summed E-state index contributed by atoms with van der Waals surface area (Å²) in [5.74, 6) is 0. The maximum absolute atomic E-state index is 8.77. The van der Waals surface area contributed by atoms with Gasteiger partial charge in [-0.3, -0.25) is 0 Å². The molecule has 4 N–H and O–H groups in total. The maximum Gasteiger partial charge on any atom is 0.452 e. The molecule has 0 bridgehead atoms. The fourth-order valence-electron chi connectivity index (χ4n) is 1.26. The van der Waals surface area contributed by atoms with E-state index in [0.29, 0.717) is 6.42 Å². The van der Waals surface area contributed by atoms with Gasteiger partial charge in [0.1, 0.15) is 0 Å². The number of unbranched alkanes of at least 4 members (excludes halogenated alkanes) is 3. The van der Waals surface area contributed by atoms with Gasteiger partial charge < -0.3 is 20.1 Å². The molecule has 0 spiro atoms. The van der Waals surface area contributed by atoms with E-state index in [0.717, 1.165) is 25.7 Å². The standard InChI is InChI=1S/C7H18B2O4/c1-2-3-4-5-6-7(8(10)11)9(12)13/h7,10-13H,2-6H2,1H3. The van der Waals surface area contributed by atoms with E-state index in [1.807, 2.05) is 0 Å². The first-order chi connectivity index (χ1) is 6.09. The summed E-state index contributed by atoms with van der Waals surface area (Å²) in [7, 11) is -3.27. The summed E-state index contributed by atoms with van der Waals surface area (Å²) in [6.07, 6.45) is 4.43. The fourth-order valence-corrected chi connectivity index (χ4v) is 1.26. The predicted octanol–water partition coefficient (Wildman–Crippen LogP) is -0.188. The zero-order valence-corrected chi connectivity index (χ0v) is 8.06. The molecule has 0 heterocycles. The Morgan fingerprint density at radius 3 is 1.85 bits per heavy atom. The van der Waals surface area contributed by atoms with Gasteiger partial charge in [0.2, 0.25) is 0 Å². The Bertz CT molecular complexity index is 113. The van der Waals surface area contributed by atoms with E-state index < -0.39 is 20.0 Å². The first-order valence-corrected chi connectivity index (χ1v) is 4.81. The highest BCUT2D eigenvalue weighted by atomic mass is 16.4. The SMILES string of the molecule is CCCCCCC(B(O)O)B(O)O. The quantitative estimate of drug-likeness (QED) is 0.329. The third-order valence-electron chi connectivity index (χ3n) is 2.16. The van der Waals surface area contributed by atoms with Crippen molar-refractivity contribution in [1.29, 1.82) is 0 Å². The highest BCUT2D eigenvalue weighted by Crippen LogP contribution is 2.18. The van der Waals surface area contributed by atoms with E-state index in [2.05, 4.69) is 6.92 Å². The zero-order valence-electron chi connectivity index (χ0n) is 8.06. The molecule has 0 fully saturated rings. The molecule has 0 saturated heterocycles. The van der Waals surface area contributed by atoms with Crippen LogP contribution in [0.5, 0.6) is 0 Å². The van der Waals surface area contributed by atoms with Crippen molar-refractivity contribution in [3.05, 3.63) is 0 Å². The van der Waals surface area contributed by atoms with E-state index in [4.69, 9.17) is 20.1 Å². The largest absolute Gasteiger partial charge is 0.452 e. The Balaban J connectivity index is 3.58. The Labute approximate surface area is 79.9 Å². The Kier molecular flexibility index (Phi) is 7.36. The summed E-state index contributed by atoms with van der Waals surface area (Å²) < 4.78 is 0. The second kappa shape index (κ2) is 7.38. The lowest BCUT2D eigenvalue weighted by Gasteiger charge is -2.13. The van der Waals surface area contributed by atoms with E-state index in [1.54, 1.807) is 0 Å². The molecule has 6 heteroatoms. The van der Waals surface area contributed by atoms with Crippen molar-refractivity contribution in [2.75, 3.05) is 0 Å². The van der Waals surface area contributed by atoms with Crippen molar-refractivity contribution in [2.45, 2.75) is 44.7 Å². The van der Waals surface area contributed by atoms with E-state index in [9.17, 15) is 0 Å².